The fourth-order valence-corrected chi connectivity index (χ4v) is 2.35. The zero-order chi connectivity index (χ0) is 12.1. The van der Waals surface area contributed by atoms with Crippen LogP contribution in [0.2, 0.25) is 0 Å². The van der Waals surface area contributed by atoms with Gasteiger partial charge >= 0.3 is 0 Å². The molecule has 0 radical (unpaired) electrons. The Morgan fingerprint density at radius 3 is 2.62 bits per heavy atom. The lowest BCUT2D eigenvalue weighted by Gasteiger charge is -2.13. The van der Waals surface area contributed by atoms with Gasteiger partial charge in [0.2, 0.25) is 0 Å². The summed E-state index contributed by atoms with van der Waals surface area (Å²) in [7, 11) is 0. The van der Waals surface area contributed by atoms with Crippen LogP contribution < -0.4 is 0 Å². The van der Waals surface area contributed by atoms with E-state index in [0.29, 0.717) is 15.2 Å². The van der Waals surface area contributed by atoms with Crippen molar-refractivity contribution in [3.8, 4) is 0 Å². The Kier molecular flexibility index (Phi) is 5.98. The van der Waals surface area contributed by atoms with Crippen molar-refractivity contribution in [2.75, 3.05) is 0 Å². The Morgan fingerprint density at radius 2 is 2.00 bits per heavy atom. The van der Waals surface area contributed by atoms with Gasteiger partial charge in [-0.15, -0.1) is 0 Å². The van der Waals surface area contributed by atoms with Crippen LogP contribution in [-0.2, 0) is 6.42 Å². The molecule has 90 valence electrons. The lowest BCUT2D eigenvalue weighted by atomic mass is 10.0. The summed E-state index contributed by atoms with van der Waals surface area (Å²) in [6.07, 6.45) is 3.13. The van der Waals surface area contributed by atoms with Gasteiger partial charge in [0.1, 0.15) is 5.82 Å². The van der Waals surface area contributed by atoms with E-state index in [1.165, 1.54) is 6.07 Å². The number of halogens is 3. The van der Waals surface area contributed by atoms with Crippen molar-refractivity contribution in [1.29, 1.82) is 0 Å². The second kappa shape index (κ2) is 6.75. The number of benzene rings is 1. The van der Waals surface area contributed by atoms with E-state index < -0.39 is 0 Å². The highest BCUT2D eigenvalue weighted by molar-refractivity contribution is 9.10. The van der Waals surface area contributed by atoms with Crippen LogP contribution in [0.1, 0.15) is 32.3 Å². The average molecular weight is 352 g/mol. The molecular weight excluding hydrogens is 335 g/mol. The molecule has 0 spiro atoms. The molecule has 1 aromatic rings. The van der Waals surface area contributed by atoms with Crippen molar-refractivity contribution in [1.82, 2.24) is 0 Å². The Hall–Kier alpha value is 0.110. The molecule has 16 heavy (non-hydrogen) atoms. The van der Waals surface area contributed by atoms with Gasteiger partial charge in [-0.3, -0.25) is 0 Å². The first-order valence-electron chi connectivity index (χ1n) is 5.59. The number of alkyl halides is 1. The molecule has 0 saturated carbocycles. The van der Waals surface area contributed by atoms with Crippen LogP contribution in [0.15, 0.2) is 22.7 Å². The van der Waals surface area contributed by atoms with Gasteiger partial charge in [0.05, 0.1) is 4.47 Å². The van der Waals surface area contributed by atoms with Gasteiger partial charge in [-0.2, -0.15) is 0 Å². The number of rotatable bonds is 5. The largest absolute Gasteiger partial charge is 0.206 e. The Bertz CT molecular complexity index is 337. The first kappa shape index (κ1) is 14.2. The predicted molar refractivity (Wildman–Crippen MR) is 74.6 cm³/mol. The first-order chi connectivity index (χ1) is 7.52. The average Bonchev–Trinajstić information content (AvgIpc) is 2.24. The molecule has 0 fully saturated rings. The number of aryl methyl sites for hydroxylation is 1. The van der Waals surface area contributed by atoms with E-state index in [-0.39, 0.29) is 5.82 Å². The summed E-state index contributed by atoms with van der Waals surface area (Å²) in [6.45, 7) is 4.41. The fourth-order valence-electron chi connectivity index (χ4n) is 1.56. The molecule has 0 aliphatic rings. The third kappa shape index (κ3) is 4.17. The van der Waals surface area contributed by atoms with Crippen LogP contribution in [0.3, 0.4) is 0 Å². The SMILES string of the molecule is CC(C)C(Br)CCCc1cccc(F)c1Br. The molecule has 0 N–H and O–H groups in total. The molecule has 1 atom stereocenters. The van der Waals surface area contributed by atoms with Gasteiger partial charge in [0.25, 0.3) is 0 Å². The van der Waals surface area contributed by atoms with Crippen molar-refractivity contribution in [3.63, 3.8) is 0 Å². The molecule has 1 rings (SSSR count). The molecule has 1 aromatic carbocycles. The van der Waals surface area contributed by atoms with Gasteiger partial charge < -0.3 is 0 Å². The summed E-state index contributed by atoms with van der Waals surface area (Å²) in [4.78, 5) is 0.555. The van der Waals surface area contributed by atoms with Crippen LogP contribution in [0, 0.1) is 11.7 Å². The van der Waals surface area contributed by atoms with E-state index in [0.717, 1.165) is 24.8 Å². The van der Waals surface area contributed by atoms with Crippen molar-refractivity contribution in [2.45, 2.75) is 37.9 Å². The first-order valence-corrected chi connectivity index (χ1v) is 7.30. The molecule has 1 unspecified atom stereocenters. The van der Waals surface area contributed by atoms with Crippen LogP contribution in [0.4, 0.5) is 4.39 Å². The third-order valence-corrected chi connectivity index (χ3v) is 5.08. The van der Waals surface area contributed by atoms with Gasteiger partial charge in [-0.25, -0.2) is 4.39 Å². The Morgan fingerprint density at radius 1 is 1.31 bits per heavy atom. The zero-order valence-corrected chi connectivity index (χ0v) is 12.8. The van der Waals surface area contributed by atoms with Gasteiger partial charge in [0.15, 0.2) is 0 Å². The molecule has 0 bridgehead atoms. The van der Waals surface area contributed by atoms with E-state index in [4.69, 9.17) is 0 Å². The minimum Gasteiger partial charge on any atom is -0.206 e. The summed E-state index contributed by atoms with van der Waals surface area (Å²) in [5.74, 6) is 0.479. The quantitative estimate of drug-likeness (QED) is 0.629. The highest BCUT2D eigenvalue weighted by Gasteiger charge is 2.10. The fraction of sp³-hybridized carbons (Fsp3) is 0.538. The lowest BCUT2D eigenvalue weighted by molar-refractivity contribution is 0.560. The maximum absolute atomic E-state index is 13.2. The summed E-state index contributed by atoms with van der Waals surface area (Å²) in [6, 6.07) is 5.23. The molecule has 0 aromatic heterocycles. The third-order valence-electron chi connectivity index (χ3n) is 2.68. The van der Waals surface area contributed by atoms with Crippen molar-refractivity contribution >= 4 is 31.9 Å². The molecule has 3 heteroatoms. The molecule has 0 amide bonds. The maximum Gasteiger partial charge on any atom is 0.137 e. The maximum atomic E-state index is 13.2. The monoisotopic (exact) mass is 350 g/mol. The molecule has 0 aliphatic carbocycles. The minimum atomic E-state index is -0.170. The van der Waals surface area contributed by atoms with Crippen LogP contribution in [-0.4, -0.2) is 4.83 Å². The molecule has 0 aliphatic heterocycles. The summed E-state index contributed by atoms with van der Waals surface area (Å²) in [5.41, 5.74) is 1.06. The van der Waals surface area contributed by atoms with Crippen LogP contribution >= 0.6 is 31.9 Å². The van der Waals surface area contributed by atoms with E-state index in [1.807, 2.05) is 6.07 Å². The minimum absolute atomic E-state index is 0.170. The van der Waals surface area contributed by atoms with Crippen molar-refractivity contribution < 1.29 is 4.39 Å². The Labute approximate surface area is 114 Å². The second-order valence-electron chi connectivity index (χ2n) is 4.37. The number of hydrogen-bond donors (Lipinski definition) is 0. The smallest absolute Gasteiger partial charge is 0.137 e. The van der Waals surface area contributed by atoms with E-state index in [1.54, 1.807) is 6.07 Å². The molecular formula is C13H17Br2F. The highest BCUT2D eigenvalue weighted by atomic mass is 79.9. The highest BCUT2D eigenvalue weighted by Crippen LogP contribution is 2.24. The van der Waals surface area contributed by atoms with Gasteiger partial charge in [0, 0.05) is 4.83 Å². The van der Waals surface area contributed by atoms with Crippen LogP contribution in [0.25, 0.3) is 0 Å². The van der Waals surface area contributed by atoms with E-state index >= 15 is 0 Å². The molecule has 0 saturated heterocycles. The summed E-state index contributed by atoms with van der Waals surface area (Å²) >= 11 is 6.95. The normalized spacial score (nSPS) is 13.1. The molecule has 0 nitrogen and oxygen atoms in total. The van der Waals surface area contributed by atoms with Gasteiger partial charge in [-0.05, 0) is 52.7 Å². The van der Waals surface area contributed by atoms with E-state index in [2.05, 4.69) is 45.7 Å². The summed E-state index contributed by atoms with van der Waals surface area (Å²) in [5, 5.41) is 0. The predicted octanol–water partition coefficient (Wildman–Crippen LogP) is 5.33. The lowest BCUT2D eigenvalue weighted by Crippen LogP contribution is -2.07. The van der Waals surface area contributed by atoms with Crippen molar-refractivity contribution in [2.24, 2.45) is 5.92 Å². The van der Waals surface area contributed by atoms with Crippen molar-refractivity contribution in [3.05, 3.63) is 34.1 Å². The second-order valence-corrected chi connectivity index (χ2v) is 6.33. The Balaban J connectivity index is 2.46. The summed E-state index contributed by atoms with van der Waals surface area (Å²) < 4.78 is 13.9. The topological polar surface area (TPSA) is 0 Å². The standard InChI is InChI=1S/C13H17Br2F/c1-9(2)11(14)7-3-5-10-6-4-8-12(16)13(10)15/h4,6,8-9,11H,3,5,7H2,1-2H3. The van der Waals surface area contributed by atoms with Gasteiger partial charge in [-0.1, -0.05) is 41.9 Å². The number of hydrogen-bond acceptors (Lipinski definition) is 0. The van der Waals surface area contributed by atoms with Crippen LogP contribution in [0.5, 0.6) is 0 Å². The zero-order valence-electron chi connectivity index (χ0n) is 9.64. The molecule has 0 heterocycles. The van der Waals surface area contributed by atoms with E-state index in [9.17, 15) is 4.39 Å².